The summed E-state index contributed by atoms with van der Waals surface area (Å²) in [5.74, 6) is 0.409. The Labute approximate surface area is 95.1 Å². The molecule has 2 heteroatoms. The number of rotatable bonds is 4. The summed E-state index contributed by atoms with van der Waals surface area (Å²) in [6.45, 7) is 6.42. The van der Waals surface area contributed by atoms with Gasteiger partial charge in [0.1, 0.15) is 6.29 Å². The van der Waals surface area contributed by atoms with E-state index in [4.69, 9.17) is 0 Å². The molecule has 14 heavy (non-hydrogen) atoms. The number of carbonyl (C=O) groups excluding carboxylic acids is 1. The van der Waals surface area contributed by atoms with Gasteiger partial charge >= 0.3 is 0 Å². The van der Waals surface area contributed by atoms with Crippen LogP contribution in [0.4, 0.5) is 0 Å². The molecule has 1 fully saturated rings. The third-order valence-corrected chi connectivity index (χ3v) is 3.97. The van der Waals surface area contributed by atoms with E-state index in [-0.39, 0.29) is 0 Å². The van der Waals surface area contributed by atoms with Crippen molar-refractivity contribution in [2.24, 2.45) is 11.3 Å². The van der Waals surface area contributed by atoms with Crippen molar-refractivity contribution in [3.8, 4) is 0 Å². The van der Waals surface area contributed by atoms with Gasteiger partial charge in [-0.25, -0.2) is 0 Å². The summed E-state index contributed by atoms with van der Waals surface area (Å²) in [6.07, 6.45) is 6.42. The monoisotopic (exact) mass is 258 g/mol. The maximum Gasteiger partial charge on any atom is 0.120 e. The summed E-state index contributed by atoms with van der Waals surface area (Å²) in [5, 5.41) is 1.02. The summed E-state index contributed by atoms with van der Waals surface area (Å²) in [6, 6.07) is 0. The quantitative estimate of drug-likeness (QED) is 0.427. The van der Waals surface area contributed by atoms with Gasteiger partial charge in [0.2, 0.25) is 0 Å². The van der Waals surface area contributed by atoms with E-state index in [0.717, 1.165) is 24.5 Å². The van der Waals surface area contributed by atoms with Crippen LogP contribution in [0.3, 0.4) is 0 Å². The average molecular weight is 259 g/mol. The van der Waals surface area contributed by atoms with Crippen LogP contribution in [0.5, 0.6) is 0 Å². The summed E-state index contributed by atoms with van der Waals surface area (Å²) in [5.41, 5.74) is 1.58. The third kappa shape index (κ3) is 2.47. The van der Waals surface area contributed by atoms with Crippen molar-refractivity contribution in [2.45, 2.75) is 39.0 Å². The average Bonchev–Trinajstić information content (AvgIpc) is 2.12. The highest BCUT2D eigenvalue weighted by Crippen LogP contribution is 2.47. The molecular weight excluding hydrogens is 240 g/mol. The molecule has 0 heterocycles. The number of aldehydes is 1. The van der Waals surface area contributed by atoms with Gasteiger partial charge in [0, 0.05) is 11.8 Å². The maximum atomic E-state index is 10.7. The van der Waals surface area contributed by atoms with Crippen molar-refractivity contribution in [1.29, 1.82) is 0 Å². The highest BCUT2D eigenvalue weighted by atomic mass is 79.9. The molecular formula is C12H19BrO. The van der Waals surface area contributed by atoms with Crippen LogP contribution in [-0.4, -0.2) is 11.6 Å². The van der Waals surface area contributed by atoms with Gasteiger partial charge in [-0.3, -0.25) is 0 Å². The van der Waals surface area contributed by atoms with Crippen molar-refractivity contribution in [1.82, 2.24) is 0 Å². The van der Waals surface area contributed by atoms with Crippen LogP contribution in [0, 0.1) is 11.3 Å². The number of hydrogen-bond acceptors (Lipinski definition) is 1. The van der Waals surface area contributed by atoms with Crippen molar-refractivity contribution >= 4 is 22.2 Å². The van der Waals surface area contributed by atoms with Gasteiger partial charge in [0.05, 0.1) is 0 Å². The second-order valence-corrected chi connectivity index (χ2v) is 5.35. The van der Waals surface area contributed by atoms with Gasteiger partial charge in [0.15, 0.2) is 0 Å². The number of carbonyl (C=O) groups is 1. The molecule has 0 aromatic heterocycles. The molecule has 0 saturated heterocycles. The zero-order valence-corrected chi connectivity index (χ0v) is 10.5. The Kier molecular flexibility index (Phi) is 4.36. The van der Waals surface area contributed by atoms with E-state index in [9.17, 15) is 4.79 Å². The summed E-state index contributed by atoms with van der Waals surface area (Å²) < 4.78 is 0. The fraction of sp³-hybridized carbons (Fsp3) is 0.750. The Hall–Kier alpha value is -0.110. The second-order valence-electron chi connectivity index (χ2n) is 4.56. The van der Waals surface area contributed by atoms with Gasteiger partial charge in [0.25, 0.3) is 0 Å². The second kappa shape index (κ2) is 5.11. The summed E-state index contributed by atoms with van der Waals surface area (Å²) in [4.78, 5) is 10.7. The van der Waals surface area contributed by atoms with Crippen LogP contribution in [0.25, 0.3) is 0 Å². The molecule has 0 amide bonds. The molecule has 0 aromatic rings. The number of halogens is 1. The summed E-state index contributed by atoms with van der Waals surface area (Å²) >= 11 is 3.50. The molecule has 2 atom stereocenters. The number of allylic oxidation sites excluding steroid dienone is 1. The minimum Gasteiger partial charge on any atom is -0.303 e. The molecule has 0 N–H and O–H groups in total. The van der Waals surface area contributed by atoms with Crippen LogP contribution in [0.1, 0.15) is 39.0 Å². The van der Waals surface area contributed by atoms with Crippen molar-refractivity contribution in [3.63, 3.8) is 0 Å². The molecule has 1 saturated carbocycles. The Morgan fingerprint density at radius 2 is 2.43 bits per heavy atom. The standard InChI is InChI=1S/C12H19BrO/c1-10-4-3-6-12(2,7-8-13)11(10)5-9-14/h9,11H,1,3-8H2,2H3/t11-,12+/m1/s1. The maximum absolute atomic E-state index is 10.7. The van der Waals surface area contributed by atoms with E-state index in [2.05, 4.69) is 29.4 Å². The highest BCUT2D eigenvalue weighted by molar-refractivity contribution is 9.09. The lowest BCUT2D eigenvalue weighted by molar-refractivity contribution is -0.109. The SMILES string of the molecule is C=C1CCC[C@@](C)(CCBr)[C@@H]1CC=O. The fourth-order valence-corrected chi connectivity index (χ4v) is 3.53. The van der Waals surface area contributed by atoms with Crippen LogP contribution < -0.4 is 0 Å². The highest BCUT2D eigenvalue weighted by Gasteiger charge is 2.37. The van der Waals surface area contributed by atoms with E-state index in [1.54, 1.807) is 0 Å². The molecule has 1 aliphatic rings. The zero-order chi connectivity index (χ0) is 10.6. The van der Waals surface area contributed by atoms with Crippen molar-refractivity contribution in [2.75, 3.05) is 5.33 Å². The third-order valence-electron chi connectivity index (χ3n) is 3.58. The smallest absolute Gasteiger partial charge is 0.120 e. The Balaban J connectivity index is 2.77. The van der Waals surface area contributed by atoms with Crippen LogP contribution in [0.15, 0.2) is 12.2 Å². The molecule has 0 bridgehead atoms. The number of alkyl halides is 1. The van der Waals surface area contributed by atoms with Crippen LogP contribution in [-0.2, 0) is 4.79 Å². The zero-order valence-electron chi connectivity index (χ0n) is 8.89. The van der Waals surface area contributed by atoms with Gasteiger partial charge in [-0.2, -0.15) is 0 Å². The molecule has 0 spiro atoms. The van der Waals surface area contributed by atoms with E-state index in [1.807, 2.05) is 0 Å². The Morgan fingerprint density at radius 1 is 1.71 bits per heavy atom. The van der Waals surface area contributed by atoms with Crippen LogP contribution in [0.2, 0.25) is 0 Å². The topological polar surface area (TPSA) is 17.1 Å². The fourth-order valence-electron chi connectivity index (χ4n) is 2.62. The number of hydrogen-bond donors (Lipinski definition) is 0. The first-order valence-electron chi connectivity index (χ1n) is 5.31. The van der Waals surface area contributed by atoms with E-state index >= 15 is 0 Å². The van der Waals surface area contributed by atoms with Gasteiger partial charge in [-0.1, -0.05) is 35.0 Å². The first-order chi connectivity index (χ1) is 6.64. The first kappa shape index (κ1) is 12.0. The lowest BCUT2D eigenvalue weighted by Gasteiger charge is -2.42. The Morgan fingerprint density at radius 3 is 3.00 bits per heavy atom. The van der Waals surface area contributed by atoms with Crippen molar-refractivity contribution in [3.05, 3.63) is 12.2 Å². The van der Waals surface area contributed by atoms with Gasteiger partial charge in [-0.05, 0) is 37.0 Å². The van der Waals surface area contributed by atoms with E-state index < -0.39 is 0 Å². The van der Waals surface area contributed by atoms with E-state index in [1.165, 1.54) is 18.4 Å². The molecule has 0 radical (unpaired) electrons. The van der Waals surface area contributed by atoms with Crippen molar-refractivity contribution < 1.29 is 4.79 Å². The minimum atomic E-state index is 0.291. The normalized spacial score (nSPS) is 33.0. The minimum absolute atomic E-state index is 0.291. The molecule has 0 unspecified atom stereocenters. The molecule has 1 rings (SSSR count). The molecule has 80 valence electrons. The summed E-state index contributed by atoms with van der Waals surface area (Å²) in [7, 11) is 0. The largest absolute Gasteiger partial charge is 0.303 e. The van der Waals surface area contributed by atoms with E-state index in [0.29, 0.717) is 17.8 Å². The first-order valence-corrected chi connectivity index (χ1v) is 6.43. The predicted octanol–water partition coefficient (Wildman–Crippen LogP) is 3.72. The Bertz CT molecular complexity index is 220. The predicted molar refractivity (Wildman–Crippen MR) is 63.7 cm³/mol. The lowest BCUT2D eigenvalue weighted by atomic mass is 9.63. The lowest BCUT2D eigenvalue weighted by Crippen LogP contribution is -2.33. The molecule has 0 aliphatic heterocycles. The molecule has 0 aromatic carbocycles. The van der Waals surface area contributed by atoms with Gasteiger partial charge in [-0.15, -0.1) is 0 Å². The van der Waals surface area contributed by atoms with Gasteiger partial charge < -0.3 is 4.79 Å². The van der Waals surface area contributed by atoms with Crippen LogP contribution >= 0.6 is 15.9 Å². The molecule has 1 aliphatic carbocycles. The molecule has 1 nitrogen and oxygen atoms in total.